The van der Waals surface area contributed by atoms with Crippen molar-refractivity contribution in [1.82, 2.24) is 13.7 Å². The molecule has 2 aromatic rings. The number of aromatic nitrogens is 3. The number of carbonyl (C=O) groups is 1. The van der Waals surface area contributed by atoms with E-state index >= 15 is 0 Å². The first-order chi connectivity index (χ1) is 6.20. The van der Waals surface area contributed by atoms with Crippen molar-refractivity contribution in [2.45, 2.75) is 0 Å². The molecule has 0 fully saturated rings. The Morgan fingerprint density at radius 2 is 2.31 bits per heavy atom. The fourth-order valence-electron chi connectivity index (χ4n) is 0.925. The van der Waals surface area contributed by atoms with Crippen molar-refractivity contribution in [2.75, 3.05) is 0 Å². The van der Waals surface area contributed by atoms with Crippen LogP contribution in [0.4, 0.5) is 0 Å². The van der Waals surface area contributed by atoms with Gasteiger partial charge in [-0.2, -0.15) is 8.75 Å². The molecule has 0 spiro atoms. The molecule has 5 nitrogen and oxygen atoms in total. The van der Waals surface area contributed by atoms with E-state index in [1.165, 1.54) is 6.20 Å². The molecule has 0 unspecified atom stereocenters. The zero-order chi connectivity index (χ0) is 9.42. The van der Waals surface area contributed by atoms with Gasteiger partial charge >= 0.3 is 5.97 Å². The molecule has 2 aromatic heterocycles. The molecule has 66 valence electrons. The maximum absolute atomic E-state index is 10.8. The van der Waals surface area contributed by atoms with Gasteiger partial charge in [0.05, 0.1) is 16.2 Å². The minimum Gasteiger partial charge on any atom is -0.478 e. The molecule has 0 amide bonds. The van der Waals surface area contributed by atoms with Gasteiger partial charge in [0.25, 0.3) is 0 Å². The number of halogens is 1. The predicted molar refractivity (Wildman–Crippen MR) is 49.9 cm³/mol. The van der Waals surface area contributed by atoms with Gasteiger partial charge in [0.2, 0.25) is 0 Å². The highest BCUT2D eigenvalue weighted by molar-refractivity contribution is 9.10. The molecule has 0 saturated carbocycles. The molecule has 0 aliphatic carbocycles. The van der Waals surface area contributed by atoms with Gasteiger partial charge < -0.3 is 5.11 Å². The van der Waals surface area contributed by atoms with Crippen LogP contribution in [0.2, 0.25) is 0 Å². The Hall–Kier alpha value is -1.08. The zero-order valence-corrected chi connectivity index (χ0v) is 8.46. The summed E-state index contributed by atoms with van der Waals surface area (Å²) in [6.07, 6.45) is 1.41. The quantitative estimate of drug-likeness (QED) is 0.841. The number of fused-ring (bicyclic) bond motifs is 1. The van der Waals surface area contributed by atoms with Crippen LogP contribution in [0, 0.1) is 0 Å². The summed E-state index contributed by atoms with van der Waals surface area (Å²) in [7, 11) is 0. The van der Waals surface area contributed by atoms with E-state index in [9.17, 15) is 4.79 Å². The van der Waals surface area contributed by atoms with Crippen LogP contribution in [0.15, 0.2) is 10.7 Å². The van der Waals surface area contributed by atoms with E-state index in [-0.39, 0.29) is 5.56 Å². The molecule has 1 N–H and O–H groups in total. The van der Waals surface area contributed by atoms with Crippen LogP contribution >= 0.6 is 27.7 Å². The van der Waals surface area contributed by atoms with E-state index < -0.39 is 5.97 Å². The molecule has 0 bridgehead atoms. The normalized spacial score (nSPS) is 10.5. The number of hydrogen-bond donors (Lipinski definition) is 1. The number of rotatable bonds is 1. The third-order valence-electron chi connectivity index (χ3n) is 1.46. The lowest BCUT2D eigenvalue weighted by Gasteiger charge is -1.96. The van der Waals surface area contributed by atoms with E-state index in [4.69, 9.17) is 5.11 Å². The predicted octanol–water partition coefficient (Wildman–Crippen LogP) is 1.55. The molecule has 13 heavy (non-hydrogen) atoms. The van der Waals surface area contributed by atoms with Crippen LogP contribution in [0.25, 0.3) is 11.2 Å². The average molecular weight is 260 g/mol. The molecule has 2 heterocycles. The number of carboxylic acid groups (broad SMARTS) is 1. The van der Waals surface area contributed by atoms with Crippen LogP contribution in [0.1, 0.15) is 10.4 Å². The maximum atomic E-state index is 10.8. The minimum absolute atomic E-state index is 0.110. The third-order valence-corrected chi connectivity index (χ3v) is 2.58. The molecule has 0 aromatic carbocycles. The van der Waals surface area contributed by atoms with Crippen molar-refractivity contribution in [2.24, 2.45) is 0 Å². The summed E-state index contributed by atoms with van der Waals surface area (Å²) in [5.74, 6) is -1.04. The molecular formula is C6H2BrN3O2S. The van der Waals surface area contributed by atoms with Crippen molar-refractivity contribution >= 4 is 44.8 Å². The number of aromatic carboxylic acids is 1. The van der Waals surface area contributed by atoms with Crippen LogP contribution in [-0.2, 0) is 0 Å². The van der Waals surface area contributed by atoms with Gasteiger partial charge in [0.1, 0.15) is 11.1 Å². The lowest BCUT2D eigenvalue weighted by Crippen LogP contribution is -1.99. The fraction of sp³-hybridized carbons (Fsp3) is 0. The summed E-state index contributed by atoms with van der Waals surface area (Å²) < 4.78 is 8.11. The van der Waals surface area contributed by atoms with Gasteiger partial charge in [0.15, 0.2) is 5.65 Å². The molecule has 0 saturated heterocycles. The van der Waals surface area contributed by atoms with Crippen LogP contribution in [0.5, 0.6) is 0 Å². The molecule has 7 heteroatoms. The van der Waals surface area contributed by atoms with E-state index in [1.54, 1.807) is 0 Å². The fourth-order valence-corrected chi connectivity index (χ4v) is 1.89. The van der Waals surface area contributed by atoms with Gasteiger partial charge in [-0.1, -0.05) is 0 Å². The Balaban J connectivity index is 2.88. The van der Waals surface area contributed by atoms with Gasteiger partial charge in [-0.25, -0.2) is 9.78 Å². The van der Waals surface area contributed by atoms with Crippen molar-refractivity contribution in [3.63, 3.8) is 0 Å². The van der Waals surface area contributed by atoms with E-state index in [0.717, 1.165) is 11.7 Å². The van der Waals surface area contributed by atoms with Gasteiger partial charge in [-0.05, 0) is 15.9 Å². The Bertz CT molecular complexity index is 484. The average Bonchev–Trinajstić information content (AvgIpc) is 2.50. The first-order valence-electron chi connectivity index (χ1n) is 3.20. The van der Waals surface area contributed by atoms with Crippen LogP contribution < -0.4 is 0 Å². The second kappa shape index (κ2) is 3.00. The van der Waals surface area contributed by atoms with Crippen molar-refractivity contribution in [3.05, 3.63) is 16.2 Å². The second-order valence-electron chi connectivity index (χ2n) is 2.22. The lowest BCUT2D eigenvalue weighted by molar-refractivity contribution is 0.0698. The minimum atomic E-state index is -1.04. The molecular weight excluding hydrogens is 258 g/mol. The summed E-state index contributed by atoms with van der Waals surface area (Å²) in [6, 6.07) is 0. The molecule has 0 atom stereocenters. The summed E-state index contributed by atoms with van der Waals surface area (Å²) >= 11 is 4.04. The third kappa shape index (κ3) is 1.29. The Kier molecular flexibility index (Phi) is 1.97. The van der Waals surface area contributed by atoms with Gasteiger partial charge in [-0.3, -0.25) is 0 Å². The monoisotopic (exact) mass is 259 g/mol. The summed E-state index contributed by atoms with van der Waals surface area (Å²) in [4.78, 5) is 14.7. The SMILES string of the molecule is O=C(O)c1c(Br)cnc2nsnc12. The van der Waals surface area contributed by atoms with E-state index in [0.29, 0.717) is 15.6 Å². The molecule has 0 aliphatic rings. The second-order valence-corrected chi connectivity index (χ2v) is 3.61. The molecule has 0 radical (unpaired) electrons. The first kappa shape index (κ1) is 8.52. The molecule has 2 rings (SSSR count). The van der Waals surface area contributed by atoms with Crippen LogP contribution in [-0.4, -0.2) is 24.8 Å². The Morgan fingerprint density at radius 1 is 1.54 bits per heavy atom. The van der Waals surface area contributed by atoms with E-state index in [2.05, 4.69) is 29.7 Å². The molecule has 0 aliphatic heterocycles. The van der Waals surface area contributed by atoms with E-state index in [1.807, 2.05) is 0 Å². The topological polar surface area (TPSA) is 76.0 Å². The highest BCUT2D eigenvalue weighted by atomic mass is 79.9. The highest BCUT2D eigenvalue weighted by Gasteiger charge is 2.16. The number of carboxylic acids is 1. The van der Waals surface area contributed by atoms with Crippen molar-refractivity contribution < 1.29 is 9.90 Å². The van der Waals surface area contributed by atoms with Gasteiger partial charge in [-0.15, -0.1) is 0 Å². The Labute approximate surface area is 84.9 Å². The first-order valence-corrected chi connectivity index (χ1v) is 4.72. The number of pyridine rings is 1. The smallest absolute Gasteiger partial charge is 0.339 e. The zero-order valence-electron chi connectivity index (χ0n) is 6.06. The van der Waals surface area contributed by atoms with Crippen LogP contribution in [0.3, 0.4) is 0 Å². The highest BCUT2D eigenvalue weighted by Crippen LogP contribution is 2.22. The number of nitrogens with zero attached hydrogens (tertiary/aromatic N) is 3. The Morgan fingerprint density at radius 3 is 3.00 bits per heavy atom. The van der Waals surface area contributed by atoms with Crippen molar-refractivity contribution in [1.29, 1.82) is 0 Å². The largest absolute Gasteiger partial charge is 0.478 e. The van der Waals surface area contributed by atoms with Gasteiger partial charge in [0, 0.05) is 6.20 Å². The summed E-state index contributed by atoms with van der Waals surface area (Å²) in [5, 5.41) is 8.86. The van der Waals surface area contributed by atoms with Crippen molar-refractivity contribution in [3.8, 4) is 0 Å². The standard InChI is InChI=1S/C6H2BrN3O2S/c7-2-1-8-5-4(9-13-10-5)3(2)6(11)12/h1H,(H,11,12). The number of hydrogen-bond acceptors (Lipinski definition) is 5. The lowest BCUT2D eigenvalue weighted by atomic mass is 10.2. The summed E-state index contributed by atoms with van der Waals surface area (Å²) in [5.41, 5.74) is 0.802. The maximum Gasteiger partial charge on any atom is 0.339 e. The summed E-state index contributed by atoms with van der Waals surface area (Å²) in [6.45, 7) is 0.